The van der Waals surface area contributed by atoms with E-state index in [9.17, 15) is 0 Å². The number of oxazole rings is 1. The number of hydrogen-bond acceptors (Lipinski definition) is 3. The van der Waals surface area contributed by atoms with Crippen molar-refractivity contribution in [2.75, 3.05) is 0 Å². The average molecular weight is 423 g/mol. The van der Waals surface area contributed by atoms with Crippen molar-refractivity contribution in [2.24, 2.45) is 4.99 Å². The molecule has 0 fully saturated rings. The Bertz CT molecular complexity index is 1200. The van der Waals surface area contributed by atoms with E-state index in [2.05, 4.69) is 55.0 Å². The minimum absolute atomic E-state index is 0.112. The number of nitrogens with zero attached hydrogens (tertiary/aromatic N) is 2. The molecule has 1 aromatic heterocycles. The molecule has 0 amide bonds. The summed E-state index contributed by atoms with van der Waals surface area (Å²) in [4.78, 5) is 9.15. The molecule has 0 saturated carbocycles. The van der Waals surface area contributed by atoms with E-state index in [0.29, 0.717) is 15.9 Å². The molecule has 0 saturated heterocycles. The zero-order chi connectivity index (χ0) is 20.6. The molecule has 0 spiro atoms. The van der Waals surface area contributed by atoms with Crippen LogP contribution in [0.25, 0.3) is 22.6 Å². The number of benzene rings is 3. The van der Waals surface area contributed by atoms with E-state index in [1.54, 1.807) is 18.3 Å². The molecule has 0 atom stereocenters. The van der Waals surface area contributed by atoms with Gasteiger partial charge in [-0.3, -0.25) is 4.99 Å². The summed E-state index contributed by atoms with van der Waals surface area (Å²) in [6.07, 6.45) is 1.75. The molecule has 0 radical (unpaired) electrons. The molecule has 4 rings (SSSR count). The van der Waals surface area contributed by atoms with Crippen LogP contribution in [0.3, 0.4) is 0 Å². The molecule has 0 aliphatic carbocycles. The third kappa shape index (κ3) is 4.36. The van der Waals surface area contributed by atoms with Crippen LogP contribution in [0.5, 0.6) is 0 Å². The second-order valence-electron chi connectivity index (χ2n) is 7.93. The van der Waals surface area contributed by atoms with Crippen molar-refractivity contribution in [1.82, 2.24) is 4.98 Å². The highest BCUT2D eigenvalue weighted by Crippen LogP contribution is 2.29. The second-order valence-corrected chi connectivity index (χ2v) is 8.74. The Morgan fingerprint density at radius 1 is 0.897 bits per heavy atom. The van der Waals surface area contributed by atoms with Gasteiger partial charge in [0.1, 0.15) is 5.52 Å². The molecule has 146 valence electrons. The lowest BCUT2D eigenvalue weighted by Crippen LogP contribution is -2.10. The fourth-order valence-electron chi connectivity index (χ4n) is 2.97. The number of hydrogen-bond donors (Lipinski definition) is 0. The van der Waals surface area contributed by atoms with Gasteiger partial charge < -0.3 is 4.42 Å². The Morgan fingerprint density at radius 2 is 1.66 bits per heavy atom. The van der Waals surface area contributed by atoms with Gasteiger partial charge in [0.05, 0.1) is 15.7 Å². The lowest BCUT2D eigenvalue weighted by Gasteiger charge is -2.18. The van der Waals surface area contributed by atoms with E-state index < -0.39 is 0 Å². The molecule has 3 aromatic carbocycles. The molecule has 0 bridgehead atoms. The largest absolute Gasteiger partial charge is 0.436 e. The monoisotopic (exact) mass is 422 g/mol. The van der Waals surface area contributed by atoms with Crippen LogP contribution in [-0.4, -0.2) is 11.2 Å². The Hall–Kier alpha value is -2.62. The number of aliphatic imine (C=N–C) groups is 1. The Balaban J connectivity index is 1.60. The second kappa shape index (κ2) is 7.66. The van der Waals surface area contributed by atoms with Crippen molar-refractivity contribution in [3.63, 3.8) is 0 Å². The summed E-state index contributed by atoms with van der Waals surface area (Å²) in [5.41, 5.74) is 5.50. The maximum Gasteiger partial charge on any atom is 0.227 e. The fourth-order valence-corrected chi connectivity index (χ4v) is 3.28. The van der Waals surface area contributed by atoms with Crippen molar-refractivity contribution in [2.45, 2.75) is 26.2 Å². The van der Waals surface area contributed by atoms with E-state index in [1.165, 1.54) is 5.56 Å². The summed E-state index contributed by atoms with van der Waals surface area (Å²) < 4.78 is 5.93. The maximum atomic E-state index is 6.05. The Labute approximate surface area is 180 Å². The highest BCUT2D eigenvalue weighted by molar-refractivity contribution is 6.42. The first-order valence-electron chi connectivity index (χ1n) is 9.30. The number of fused-ring (bicyclic) bond motifs is 1. The standard InChI is InChI=1S/C24H20Cl2N2O/c1-24(2,3)17-7-5-16(6-8-17)23-28-21-13-18(9-11-22(21)29-23)27-14-15-4-10-19(25)20(26)12-15/h4-14H,1-3H3. The van der Waals surface area contributed by atoms with Gasteiger partial charge in [0.25, 0.3) is 0 Å². The van der Waals surface area contributed by atoms with Crippen LogP contribution in [0, 0.1) is 0 Å². The molecule has 5 heteroatoms. The smallest absolute Gasteiger partial charge is 0.227 e. The van der Waals surface area contributed by atoms with Gasteiger partial charge in [-0.05, 0) is 59.0 Å². The van der Waals surface area contributed by atoms with E-state index >= 15 is 0 Å². The molecule has 29 heavy (non-hydrogen) atoms. The van der Waals surface area contributed by atoms with Crippen molar-refractivity contribution in [1.29, 1.82) is 0 Å². The van der Waals surface area contributed by atoms with Gasteiger partial charge in [0, 0.05) is 11.8 Å². The summed E-state index contributed by atoms with van der Waals surface area (Å²) in [5, 5.41) is 1.03. The Morgan fingerprint density at radius 3 is 2.34 bits per heavy atom. The molecule has 4 aromatic rings. The van der Waals surface area contributed by atoms with Crippen LogP contribution >= 0.6 is 23.2 Å². The van der Waals surface area contributed by atoms with Gasteiger partial charge >= 0.3 is 0 Å². The SMILES string of the molecule is CC(C)(C)c1ccc(-c2nc3cc(N=Cc4ccc(Cl)c(Cl)c4)ccc3o2)cc1. The van der Waals surface area contributed by atoms with E-state index in [-0.39, 0.29) is 5.41 Å². The molecule has 0 aliphatic heterocycles. The minimum Gasteiger partial charge on any atom is -0.436 e. The summed E-state index contributed by atoms with van der Waals surface area (Å²) in [7, 11) is 0. The zero-order valence-electron chi connectivity index (χ0n) is 16.4. The highest BCUT2D eigenvalue weighted by atomic mass is 35.5. The van der Waals surface area contributed by atoms with Gasteiger partial charge in [-0.1, -0.05) is 62.2 Å². The van der Waals surface area contributed by atoms with Crippen LogP contribution in [0.2, 0.25) is 10.0 Å². The topological polar surface area (TPSA) is 38.4 Å². The summed E-state index contributed by atoms with van der Waals surface area (Å²) in [5.74, 6) is 0.603. The van der Waals surface area contributed by atoms with E-state index in [1.807, 2.05) is 24.3 Å². The molecule has 0 unspecified atom stereocenters. The van der Waals surface area contributed by atoms with Crippen LogP contribution in [-0.2, 0) is 5.41 Å². The first-order chi connectivity index (χ1) is 13.8. The highest BCUT2D eigenvalue weighted by Gasteiger charge is 2.14. The zero-order valence-corrected chi connectivity index (χ0v) is 17.9. The van der Waals surface area contributed by atoms with E-state index in [0.717, 1.165) is 27.9 Å². The molecule has 0 N–H and O–H groups in total. The normalized spacial score (nSPS) is 12.2. The van der Waals surface area contributed by atoms with Crippen LogP contribution in [0.1, 0.15) is 31.9 Å². The number of aromatic nitrogens is 1. The quantitative estimate of drug-likeness (QED) is 0.315. The first-order valence-corrected chi connectivity index (χ1v) is 10.1. The number of halogens is 2. The van der Waals surface area contributed by atoms with Crippen molar-refractivity contribution in [3.8, 4) is 11.5 Å². The molecule has 0 aliphatic rings. The number of rotatable bonds is 3. The van der Waals surface area contributed by atoms with Crippen molar-refractivity contribution in [3.05, 3.63) is 81.8 Å². The van der Waals surface area contributed by atoms with Crippen LogP contribution in [0.4, 0.5) is 5.69 Å². The third-order valence-corrected chi connectivity index (χ3v) is 5.41. The molecule has 3 nitrogen and oxygen atoms in total. The predicted molar refractivity (Wildman–Crippen MR) is 122 cm³/mol. The van der Waals surface area contributed by atoms with Gasteiger partial charge in [-0.15, -0.1) is 0 Å². The first kappa shape index (κ1) is 19.7. The van der Waals surface area contributed by atoms with Gasteiger partial charge in [-0.25, -0.2) is 4.98 Å². The fraction of sp³-hybridized carbons (Fsp3) is 0.167. The van der Waals surface area contributed by atoms with Crippen LogP contribution in [0.15, 0.2) is 70.1 Å². The molecular weight excluding hydrogens is 403 g/mol. The van der Waals surface area contributed by atoms with E-state index in [4.69, 9.17) is 27.6 Å². The average Bonchev–Trinajstić information content (AvgIpc) is 3.12. The minimum atomic E-state index is 0.112. The maximum absolute atomic E-state index is 6.05. The molecule has 1 heterocycles. The van der Waals surface area contributed by atoms with Crippen molar-refractivity contribution >= 4 is 46.2 Å². The predicted octanol–water partition coefficient (Wildman–Crippen LogP) is 7.85. The van der Waals surface area contributed by atoms with Gasteiger partial charge in [0.15, 0.2) is 5.58 Å². The summed E-state index contributed by atoms with van der Waals surface area (Å²) >= 11 is 12.0. The Kier molecular flexibility index (Phi) is 5.20. The van der Waals surface area contributed by atoms with Gasteiger partial charge in [-0.2, -0.15) is 0 Å². The summed E-state index contributed by atoms with van der Waals surface area (Å²) in [6.45, 7) is 6.59. The van der Waals surface area contributed by atoms with Crippen LogP contribution < -0.4 is 0 Å². The van der Waals surface area contributed by atoms with Gasteiger partial charge in [0.2, 0.25) is 5.89 Å². The van der Waals surface area contributed by atoms with Crippen molar-refractivity contribution < 1.29 is 4.42 Å². The summed E-state index contributed by atoms with van der Waals surface area (Å²) in [6, 6.07) is 19.4. The lowest BCUT2D eigenvalue weighted by atomic mass is 9.87. The lowest BCUT2D eigenvalue weighted by molar-refractivity contribution is 0.589. The third-order valence-electron chi connectivity index (χ3n) is 4.68. The molecular formula is C24H20Cl2N2O.